The fraction of sp³-hybridized carbons (Fsp3) is 0.909. The summed E-state index contributed by atoms with van der Waals surface area (Å²) in [7, 11) is 0. The molecule has 1 N–H and O–H groups in total. The third-order valence-corrected chi connectivity index (χ3v) is 2.28. The second-order valence-corrected chi connectivity index (χ2v) is 3.49. The van der Waals surface area contributed by atoms with E-state index in [2.05, 4.69) is 24.1 Å². The van der Waals surface area contributed by atoms with Crippen LogP contribution < -0.4 is 5.32 Å². The molecule has 84 valence electrons. The molecule has 3 nitrogen and oxygen atoms in total. The van der Waals surface area contributed by atoms with E-state index in [0.29, 0.717) is 6.42 Å². The summed E-state index contributed by atoms with van der Waals surface area (Å²) < 4.78 is 0. The summed E-state index contributed by atoms with van der Waals surface area (Å²) in [4.78, 5) is 13.3. The third-order valence-electron chi connectivity index (χ3n) is 2.28. The van der Waals surface area contributed by atoms with Gasteiger partial charge in [-0.05, 0) is 32.5 Å². The molecule has 0 aromatic heterocycles. The molecular weight excluding hydrogens is 176 g/mol. The van der Waals surface area contributed by atoms with Crippen LogP contribution in [0.3, 0.4) is 0 Å². The molecule has 0 aliphatic heterocycles. The molecule has 0 aliphatic rings. The van der Waals surface area contributed by atoms with Crippen LogP contribution >= 0.6 is 0 Å². The Hall–Kier alpha value is -0.570. The van der Waals surface area contributed by atoms with Gasteiger partial charge in [0, 0.05) is 13.0 Å². The first-order valence-electron chi connectivity index (χ1n) is 5.73. The Bertz CT molecular complexity index is 148. The minimum atomic E-state index is 0.156. The highest BCUT2D eigenvalue weighted by atomic mass is 16.1. The number of rotatable bonds is 8. The van der Waals surface area contributed by atoms with Gasteiger partial charge < -0.3 is 10.2 Å². The average molecular weight is 200 g/mol. The first kappa shape index (κ1) is 13.4. The lowest BCUT2D eigenvalue weighted by atomic mass is 10.3. The van der Waals surface area contributed by atoms with Crippen molar-refractivity contribution in [1.82, 2.24) is 10.2 Å². The van der Waals surface area contributed by atoms with E-state index in [1.165, 1.54) is 6.42 Å². The van der Waals surface area contributed by atoms with Crippen molar-refractivity contribution in [1.29, 1.82) is 0 Å². The molecule has 3 heteroatoms. The molecular formula is C11H24N2O. The molecule has 0 saturated heterocycles. The van der Waals surface area contributed by atoms with Gasteiger partial charge in [0.25, 0.3) is 0 Å². The van der Waals surface area contributed by atoms with Crippen LogP contribution in [-0.4, -0.2) is 37.0 Å². The standard InChI is InChI=1S/C11H24N2O/c1-4-9-13(6-3)10-7-8-12-11(14)5-2/h4-10H2,1-3H3,(H,12,14). The fourth-order valence-corrected chi connectivity index (χ4v) is 1.40. The molecule has 0 aromatic carbocycles. The summed E-state index contributed by atoms with van der Waals surface area (Å²) in [6, 6.07) is 0. The van der Waals surface area contributed by atoms with Crippen molar-refractivity contribution in [2.45, 2.75) is 40.0 Å². The van der Waals surface area contributed by atoms with Gasteiger partial charge >= 0.3 is 0 Å². The minimum absolute atomic E-state index is 0.156. The molecule has 0 heterocycles. The lowest BCUT2D eigenvalue weighted by Crippen LogP contribution is -2.30. The maximum absolute atomic E-state index is 10.9. The lowest BCUT2D eigenvalue weighted by Gasteiger charge is -2.19. The zero-order valence-electron chi connectivity index (χ0n) is 9.81. The van der Waals surface area contributed by atoms with Gasteiger partial charge in [-0.25, -0.2) is 0 Å². The van der Waals surface area contributed by atoms with Crippen molar-refractivity contribution in [3.8, 4) is 0 Å². The summed E-state index contributed by atoms with van der Waals surface area (Å²) in [5.74, 6) is 0.156. The second kappa shape index (κ2) is 9.00. The number of hydrogen-bond acceptors (Lipinski definition) is 2. The highest BCUT2D eigenvalue weighted by Crippen LogP contribution is 1.92. The van der Waals surface area contributed by atoms with Crippen molar-refractivity contribution in [3.05, 3.63) is 0 Å². The van der Waals surface area contributed by atoms with Crippen LogP contribution in [0, 0.1) is 0 Å². The topological polar surface area (TPSA) is 32.3 Å². The van der Waals surface area contributed by atoms with E-state index >= 15 is 0 Å². The number of hydrogen-bond donors (Lipinski definition) is 1. The molecule has 0 rings (SSSR count). The van der Waals surface area contributed by atoms with Crippen LogP contribution in [0.2, 0.25) is 0 Å². The fourth-order valence-electron chi connectivity index (χ4n) is 1.40. The Balaban J connectivity index is 3.37. The van der Waals surface area contributed by atoms with E-state index < -0.39 is 0 Å². The van der Waals surface area contributed by atoms with Crippen molar-refractivity contribution in [2.24, 2.45) is 0 Å². The average Bonchev–Trinajstić information content (AvgIpc) is 2.22. The van der Waals surface area contributed by atoms with Gasteiger partial charge in [0.2, 0.25) is 5.91 Å². The summed E-state index contributed by atoms with van der Waals surface area (Å²) in [5.41, 5.74) is 0. The maximum Gasteiger partial charge on any atom is 0.219 e. The van der Waals surface area contributed by atoms with Gasteiger partial charge in [0.15, 0.2) is 0 Å². The Morgan fingerprint density at radius 2 is 1.93 bits per heavy atom. The molecule has 0 aliphatic carbocycles. The minimum Gasteiger partial charge on any atom is -0.356 e. The van der Waals surface area contributed by atoms with Crippen LogP contribution in [0.1, 0.15) is 40.0 Å². The summed E-state index contributed by atoms with van der Waals surface area (Å²) >= 11 is 0. The summed E-state index contributed by atoms with van der Waals surface area (Å²) in [6.45, 7) is 10.4. The number of nitrogens with zero attached hydrogens (tertiary/aromatic N) is 1. The van der Waals surface area contributed by atoms with Crippen molar-refractivity contribution < 1.29 is 4.79 Å². The normalized spacial score (nSPS) is 10.6. The van der Waals surface area contributed by atoms with Crippen molar-refractivity contribution in [3.63, 3.8) is 0 Å². The van der Waals surface area contributed by atoms with Gasteiger partial charge in [0.05, 0.1) is 0 Å². The van der Waals surface area contributed by atoms with Crippen LogP contribution in [0.15, 0.2) is 0 Å². The highest BCUT2D eigenvalue weighted by Gasteiger charge is 2.00. The first-order valence-corrected chi connectivity index (χ1v) is 5.73. The van der Waals surface area contributed by atoms with Gasteiger partial charge in [-0.3, -0.25) is 4.79 Å². The largest absolute Gasteiger partial charge is 0.356 e. The summed E-state index contributed by atoms with van der Waals surface area (Å²) in [6.07, 6.45) is 2.85. The van der Waals surface area contributed by atoms with Gasteiger partial charge in [-0.15, -0.1) is 0 Å². The van der Waals surface area contributed by atoms with Crippen molar-refractivity contribution in [2.75, 3.05) is 26.2 Å². The number of carbonyl (C=O) groups excluding carboxylic acids is 1. The Morgan fingerprint density at radius 1 is 1.21 bits per heavy atom. The molecule has 0 unspecified atom stereocenters. The molecule has 0 radical (unpaired) electrons. The number of carbonyl (C=O) groups is 1. The molecule has 0 spiro atoms. The predicted molar refractivity (Wildman–Crippen MR) is 60.3 cm³/mol. The van der Waals surface area contributed by atoms with Gasteiger partial charge in [-0.2, -0.15) is 0 Å². The van der Waals surface area contributed by atoms with Crippen molar-refractivity contribution >= 4 is 5.91 Å². The third kappa shape index (κ3) is 6.89. The molecule has 0 atom stereocenters. The molecule has 0 bridgehead atoms. The van der Waals surface area contributed by atoms with E-state index in [1.807, 2.05) is 6.92 Å². The molecule has 0 fully saturated rings. The Kier molecular flexibility index (Phi) is 8.64. The molecule has 14 heavy (non-hydrogen) atoms. The molecule has 0 aromatic rings. The zero-order valence-corrected chi connectivity index (χ0v) is 9.81. The van der Waals surface area contributed by atoms with Crippen LogP contribution in [-0.2, 0) is 4.79 Å². The predicted octanol–water partition coefficient (Wildman–Crippen LogP) is 1.63. The van der Waals surface area contributed by atoms with Gasteiger partial charge in [0.1, 0.15) is 0 Å². The molecule has 1 amide bonds. The van der Waals surface area contributed by atoms with Gasteiger partial charge in [-0.1, -0.05) is 20.8 Å². The first-order chi connectivity index (χ1) is 6.74. The van der Waals surface area contributed by atoms with Crippen LogP contribution in [0.5, 0.6) is 0 Å². The monoisotopic (exact) mass is 200 g/mol. The zero-order chi connectivity index (χ0) is 10.8. The lowest BCUT2D eigenvalue weighted by molar-refractivity contribution is -0.120. The number of amides is 1. The SMILES string of the molecule is CCCN(CC)CCCNC(=O)CC. The van der Waals surface area contributed by atoms with E-state index in [9.17, 15) is 4.79 Å². The quantitative estimate of drug-likeness (QED) is 0.604. The van der Waals surface area contributed by atoms with Crippen LogP contribution in [0.25, 0.3) is 0 Å². The molecule has 0 saturated carbocycles. The smallest absolute Gasteiger partial charge is 0.219 e. The highest BCUT2D eigenvalue weighted by molar-refractivity contribution is 5.75. The summed E-state index contributed by atoms with van der Waals surface area (Å²) in [5, 5.41) is 2.89. The maximum atomic E-state index is 10.9. The van der Waals surface area contributed by atoms with E-state index in [-0.39, 0.29) is 5.91 Å². The Labute approximate surface area is 87.9 Å². The Morgan fingerprint density at radius 3 is 2.43 bits per heavy atom. The number of nitrogens with one attached hydrogen (secondary N) is 1. The van der Waals surface area contributed by atoms with Crippen LogP contribution in [0.4, 0.5) is 0 Å². The van der Waals surface area contributed by atoms with E-state index in [1.54, 1.807) is 0 Å². The second-order valence-electron chi connectivity index (χ2n) is 3.49. The van der Waals surface area contributed by atoms with E-state index in [4.69, 9.17) is 0 Å². The van der Waals surface area contributed by atoms with E-state index in [0.717, 1.165) is 32.6 Å².